The summed E-state index contributed by atoms with van der Waals surface area (Å²) in [5, 5.41) is 0. The minimum Gasteiger partial charge on any atom is -0.274 e. The zero-order valence-corrected chi connectivity index (χ0v) is 18.9. The van der Waals surface area contributed by atoms with Crippen LogP contribution in [0.1, 0.15) is 40.7 Å². The molecule has 0 N–H and O–H groups in total. The van der Waals surface area contributed by atoms with Gasteiger partial charge >= 0.3 is 0 Å². The first-order valence-corrected chi connectivity index (χ1v) is 11.3. The lowest BCUT2D eigenvalue weighted by Crippen LogP contribution is -2.51. The van der Waals surface area contributed by atoms with Crippen LogP contribution in [0, 0.1) is 22.3 Å². The summed E-state index contributed by atoms with van der Waals surface area (Å²) < 4.78 is 1.09. The summed E-state index contributed by atoms with van der Waals surface area (Å²) in [5.41, 5.74) is 5.94. The van der Waals surface area contributed by atoms with E-state index in [1.807, 2.05) is 49.4 Å². The van der Waals surface area contributed by atoms with E-state index in [4.69, 9.17) is 0 Å². The number of imide groups is 1. The molecule has 0 unspecified atom stereocenters. The van der Waals surface area contributed by atoms with Gasteiger partial charge in [0, 0.05) is 14.9 Å². The fraction of sp³-hybridized carbons (Fsp3) is 0.231. The van der Waals surface area contributed by atoms with Crippen molar-refractivity contribution in [3.05, 3.63) is 98.1 Å². The number of anilines is 1. The molecule has 2 bridgehead atoms. The fourth-order valence-electron chi connectivity index (χ4n) is 6.26. The molecule has 3 nitrogen and oxygen atoms in total. The summed E-state index contributed by atoms with van der Waals surface area (Å²) in [7, 11) is 0. The Balaban J connectivity index is 1.62. The predicted octanol–water partition coefficient (Wildman–Crippen LogP) is 5.17. The van der Waals surface area contributed by atoms with Crippen molar-refractivity contribution < 1.29 is 9.59 Å². The first kappa shape index (κ1) is 18.3. The standard InChI is InChI=1S/C26H20INO2/c1-14-13-15(27)11-12-20(14)28-24(29)22-21-16-7-3-5-9-18(16)26(2,23(22)25(28)30)19-10-6-4-8-17(19)21/h3-13,21-23H,1-2H3/t21?,22-,23-,26?/m1/s1. The third kappa shape index (κ3) is 2.05. The molecule has 0 saturated carbocycles. The number of hydrogen-bond acceptors (Lipinski definition) is 2. The molecular formula is C26H20INO2. The third-order valence-corrected chi connectivity index (χ3v) is 8.11. The molecule has 2 amide bonds. The molecule has 1 aliphatic heterocycles. The first-order chi connectivity index (χ1) is 14.4. The number of nitrogens with zero attached hydrogens (tertiary/aromatic N) is 1. The van der Waals surface area contributed by atoms with E-state index in [2.05, 4.69) is 53.8 Å². The maximum absolute atomic E-state index is 13.9. The molecule has 1 heterocycles. The maximum atomic E-state index is 13.9. The van der Waals surface area contributed by atoms with Crippen molar-refractivity contribution in [2.75, 3.05) is 4.90 Å². The largest absolute Gasteiger partial charge is 0.274 e. The summed E-state index contributed by atoms with van der Waals surface area (Å²) in [4.78, 5) is 29.2. The Morgan fingerprint density at radius 3 is 2.07 bits per heavy atom. The molecule has 0 aromatic heterocycles. The summed E-state index contributed by atoms with van der Waals surface area (Å²) in [6, 6.07) is 22.7. The molecule has 3 aromatic rings. The van der Waals surface area contributed by atoms with E-state index < -0.39 is 5.41 Å². The van der Waals surface area contributed by atoms with E-state index in [1.165, 1.54) is 27.2 Å². The quantitative estimate of drug-likeness (QED) is 0.338. The van der Waals surface area contributed by atoms with E-state index >= 15 is 0 Å². The number of benzene rings is 3. The predicted molar refractivity (Wildman–Crippen MR) is 125 cm³/mol. The second-order valence-electron chi connectivity index (χ2n) is 8.80. The van der Waals surface area contributed by atoms with Crippen LogP contribution in [0.5, 0.6) is 0 Å². The minimum absolute atomic E-state index is 0.0606. The number of carbonyl (C=O) groups is 2. The number of hydrogen-bond donors (Lipinski definition) is 0. The highest BCUT2D eigenvalue weighted by Crippen LogP contribution is 2.64. The van der Waals surface area contributed by atoms with Gasteiger partial charge < -0.3 is 0 Å². The Hall–Kier alpha value is -2.47. The molecule has 7 rings (SSSR count). The van der Waals surface area contributed by atoms with Crippen LogP contribution >= 0.6 is 22.6 Å². The van der Waals surface area contributed by atoms with Crippen molar-refractivity contribution in [3.63, 3.8) is 0 Å². The van der Waals surface area contributed by atoms with Crippen LogP contribution in [-0.4, -0.2) is 11.8 Å². The van der Waals surface area contributed by atoms with Crippen LogP contribution < -0.4 is 4.90 Å². The van der Waals surface area contributed by atoms with Gasteiger partial charge in [-0.1, -0.05) is 55.5 Å². The van der Waals surface area contributed by atoms with Gasteiger partial charge in [0.15, 0.2) is 0 Å². The molecule has 1 fully saturated rings. The summed E-state index contributed by atoms with van der Waals surface area (Å²) in [6.07, 6.45) is 0. The van der Waals surface area contributed by atoms with Gasteiger partial charge in [-0.3, -0.25) is 9.59 Å². The van der Waals surface area contributed by atoms with Crippen LogP contribution in [0.25, 0.3) is 0 Å². The molecule has 3 aromatic carbocycles. The topological polar surface area (TPSA) is 37.4 Å². The van der Waals surface area contributed by atoms with Crippen LogP contribution in [0.3, 0.4) is 0 Å². The van der Waals surface area contributed by atoms with Gasteiger partial charge in [-0.05, 0) is 75.5 Å². The van der Waals surface area contributed by atoms with Crippen LogP contribution in [-0.2, 0) is 15.0 Å². The molecule has 0 spiro atoms. The molecule has 1 saturated heterocycles. The Kier molecular flexibility index (Phi) is 3.68. The summed E-state index contributed by atoms with van der Waals surface area (Å²) in [6.45, 7) is 4.13. The van der Waals surface area contributed by atoms with E-state index in [-0.39, 0.29) is 29.6 Å². The van der Waals surface area contributed by atoms with Crippen molar-refractivity contribution in [3.8, 4) is 0 Å². The molecule has 4 aliphatic rings. The SMILES string of the molecule is Cc1cc(I)ccc1N1C(=O)[C@@H]2C3c4ccccc4C(C)(c4ccccc43)[C@H]2C1=O. The molecule has 148 valence electrons. The van der Waals surface area contributed by atoms with Crippen molar-refractivity contribution >= 4 is 40.1 Å². The van der Waals surface area contributed by atoms with Crippen molar-refractivity contribution in [2.24, 2.45) is 11.8 Å². The van der Waals surface area contributed by atoms with Gasteiger partial charge in [-0.2, -0.15) is 0 Å². The zero-order valence-electron chi connectivity index (χ0n) is 16.7. The maximum Gasteiger partial charge on any atom is 0.238 e. The highest BCUT2D eigenvalue weighted by atomic mass is 127. The molecule has 2 atom stereocenters. The number of aryl methyl sites for hydroxylation is 1. The first-order valence-electron chi connectivity index (χ1n) is 10.3. The van der Waals surface area contributed by atoms with Crippen LogP contribution in [0.4, 0.5) is 5.69 Å². The van der Waals surface area contributed by atoms with Crippen molar-refractivity contribution in [1.29, 1.82) is 0 Å². The second-order valence-corrected chi connectivity index (χ2v) is 10.0. The van der Waals surface area contributed by atoms with E-state index in [0.717, 1.165) is 14.8 Å². The van der Waals surface area contributed by atoms with Crippen LogP contribution in [0.2, 0.25) is 0 Å². The van der Waals surface area contributed by atoms with Crippen molar-refractivity contribution in [1.82, 2.24) is 0 Å². The number of carbonyl (C=O) groups excluding carboxylic acids is 2. The Morgan fingerprint density at radius 1 is 0.867 bits per heavy atom. The van der Waals surface area contributed by atoms with Gasteiger partial charge in [-0.25, -0.2) is 4.90 Å². The summed E-state index contributed by atoms with van der Waals surface area (Å²) in [5.74, 6) is -0.931. The molecular weight excluding hydrogens is 485 g/mol. The van der Waals surface area contributed by atoms with Gasteiger partial charge in [0.25, 0.3) is 0 Å². The molecule has 4 heteroatoms. The number of rotatable bonds is 1. The summed E-state index contributed by atoms with van der Waals surface area (Å²) >= 11 is 2.26. The highest BCUT2D eigenvalue weighted by Gasteiger charge is 2.66. The lowest BCUT2D eigenvalue weighted by atomic mass is 9.48. The van der Waals surface area contributed by atoms with Gasteiger partial charge in [0.05, 0.1) is 17.5 Å². The smallest absolute Gasteiger partial charge is 0.238 e. The van der Waals surface area contributed by atoms with E-state index in [0.29, 0.717) is 0 Å². The molecule has 30 heavy (non-hydrogen) atoms. The average molecular weight is 505 g/mol. The van der Waals surface area contributed by atoms with Gasteiger partial charge in [0.2, 0.25) is 11.8 Å². The lowest BCUT2D eigenvalue weighted by Gasteiger charge is -2.52. The highest BCUT2D eigenvalue weighted by molar-refractivity contribution is 14.1. The van der Waals surface area contributed by atoms with Crippen molar-refractivity contribution in [2.45, 2.75) is 25.2 Å². The third-order valence-electron chi connectivity index (χ3n) is 7.44. The number of amides is 2. The Morgan fingerprint density at radius 2 is 1.47 bits per heavy atom. The zero-order chi connectivity index (χ0) is 20.8. The van der Waals surface area contributed by atoms with Gasteiger partial charge in [-0.15, -0.1) is 0 Å². The Labute approximate surface area is 189 Å². The van der Waals surface area contributed by atoms with Crippen LogP contribution in [0.15, 0.2) is 66.7 Å². The number of halogens is 1. The fourth-order valence-corrected chi connectivity index (χ4v) is 6.91. The lowest BCUT2D eigenvalue weighted by molar-refractivity contribution is -0.123. The van der Waals surface area contributed by atoms with Gasteiger partial charge in [0.1, 0.15) is 0 Å². The Bertz CT molecular complexity index is 1220. The molecule has 0 radical (unpaired) electrons. The van der Waals surface area contributed by atoms with E-state index in [1.54, 1.807) is 0 Å². The monoisotopic (exact) mass is 505 g/mol. The second kappa shape index (κ2) is 6.03. The van der Waals surface area contributed by atoms with E-state index in [9.17, 15) is 9.59 Å². The molecule has 3 aliphatic carbocycles. The minimum atomic E-state index is -0.509. The average Bonchev–Trinajstić information content (AvgIpc) is 3.01. The normalized spacial score (nSPS) is 28.4.